The molecule has 1 aliphatic rings. The molecular weight excluding hydrogens is 482 g/mol. The maximum absolute atomic E-state index is 13.0. The normalized spacial score (nSPS) is 14.6. The number of ether oxygens (including phenoxy) is 1. The highest BCUT2D eigenvalue weighted by Gasteiger charge is 2.36. The van der Waals surface area contributed by atoms with Crippen LogP contribution in [0.5, 0.6) is 5.75 Å². The summed E-state index contributed by atoms with van der Waals surface area (Å²) in [6.07, 6.45) is 1.36. The predicted octanol–water partition coefficient (Wildman–Crippen LogP) is 4.64. The summed E-state index contributed by atoms with van der Waals surface area (Å²) in [5.41, 5.74) is 3.19. The molecule has 0 unspecified atom stereocenters. The van der Waals surface area contributed by atoms with Gasteiger partial charge < -0.3 is 10.1 Å². The van der Waals surface area contributed by atoms with Gasteiger partial charge in [-0.05, 0) is 79.1 Å². The number of carbonyl (C=O) groups excluding carboxylic acids is 4. The third-order valence-corrected chi connectivity index (χ3v) is 5.64. The van der Waals surface area contributed by atoms with Crippen molar-refractivity contribution >= 4 is 52.8 Å². The molecule has 0 atom stereocenters. The van der Waals surface area contributed by atoms with Gasteiger partial charge in [-0.25, -0.2) is 9.69 Å². The number of benzene rings is 3. The van der Waals surface area contributed by atoms with E-state index in [1.165, 1.54) is 30.3 Å². The Kier molecular flexibility index (Phi) is 7.17. The maximum atomic E-state index is 13.0. The van der Waals surface area contributed by atoms with Crippen molar-refractivity contribution in [3.05, 3.63) is 94.0 Å². The molecule has 4 rings (SSSR count). The van der Waals surface area contributed by atoms with Crippen molar-refractivity contribution in [1.82, 2.24) is 5.32 Å². The third-order valence-electron chi connectivity index (χ3n) is 5.39. The summed E-state index contributed by atoms with van der Waals surface area (Å²) >= 11 is 5.89. The van der Waals surface area contributed by atoms with E-state index in [0.717, 1.165) is 16.0 Å². The van der Waals surface area contributed by atoms with Crippen molar-refractivity contribution in [3.63, 3.8) is 0 Å². The first-order valence-electron chi connectivity index (χ1n) is 11.0. The van der Waals surface area contributed by atoms with Crippen LogP contribution >= 0.6 is 11.6 Å². The van der Waals surface area contributed by atoms with E-state index < -0.39 is 17.8 Å². The van der Waals surface area contributed by atoms with Crippen LogP contribution in [0, 0.1) is 13.8 Å². The number of halogens is 1. The lowest BCUT2D eigenvalue weighted by molar-refractivity contribution is -0.122. The molecular formula is C27H22ClN3O5. The molecule has 5 amide bonds. The Hall–Kier alpha value is -4.43. The number of carbonyl (C=O) groups is 4. The summed E-state index contributed by atoms with van der Waals surface area (Å²) in [5, 5.41) is 5.43. The molecule has 0 radical (unpaired) electrons. The van der Waals surface area contributed by atoms with Crippen LogP contribution in [0.2, 0.25) is 5.02 Å². The van der Waals surface area contributed by atoms with Crippen LogP contribution in [0.15, 0.2) is 72.3 Å². The first-order chi connectivity index (χ1) is 17.2. The van der Waals surface area contributed by atoms with Gasteiger partial charge in [0.05, 0.1) is 5.69 Å². The molecule has 0 aromatic heterocycles. The van der Waals surface area contributed by atoms with Crippen LogP contribution in [-0.2, 0) is 14.4 Å². The SMILES string of the molecule is Cc1ccc(C)c(NC(=O)COc2cccc(/C=C3/C(=O)NC(=O)N(c4ccc(Cl)cc4)C3=O)c2)c1. The number of barbiturate groups is 1. The standard InChI is InChI=1S/C27H22ClN3O5/c1-16-6-7-17(2)23(12-16)29-24(32)15-36-21-5-3-4-18(13-21)14-22-25(33)30-27(35)31(26(22)34)20-10-8-19(28)9-11-20/h3-14H,15H2,1-2H3,(H,29,32)(H,30,33,35)/b22-14-. The Bertz CT molecular complexity index is 1400. The van der Waals surface area contributed by atoms with Crippen molar-refractivity contribution in [2.45, 2.75) is 13.8 Å². The maximum Gasteiger partial charge on any atom is 0.335 e. The highest BCUT2D eigenvalue weighted by Crippen LogP contribution is 2.24. The quantitative estimate of drug-likeness (QED) is 0.376. The van der Waals surface area contributed by atoms with Crippen LogP contribution in [0.3, 0.4) is 0 Å². The lowest BCUT2D eigenvalue weighted by Crippen LogP contribution is -2.54. The molecule has 9 heteroatoms. The number of nitrogens with one attached hydrogen (secondary N) is 2. The summed E-state index contributed by atoms with van der Waals surface area (Å²) in [5.74, 6) is -1.54. The van der Waals surface area contributed by atoms with Gasteiger partial charge in [0.15, 0.2) is 6.61 Å². The van der Waals surface area contributed by atoms with E-state index in [1.54, 1.807) is 24.3 Å². The number of rotatable bonds is 6. The van der Waals surface area contributed by atoms with Gasteiger partial charge in [-0.15, -0.1) is 0 Å². The zero-order valence-corrected chi connectivity index (χ0v) is 20.3. The number of hydrogen-bond acceptors (Lipinski definition) is 5. The summed E-state index contributed by atoms with van der Waals surface area (Å²) < 4.78 is 5.61. The number of aryl methyl sites for hydroxylation is 2. The van der Waals surface area contributed by atoms with Crippen LogP contribution in [0.1, 0.15) is 16.7 Å². The second-order valence-electron chi connectivity index (χ2n) is 8.16. The first kappa shape index (κ1) is 24.7. The average Bonchev–Trinajstić information content (AvgIpc) is 2.84. The van der Waals surface area contributed by atoms with Crippen LogP contribution in [-0.4, -0.2) is 30.4 Å². The molecule has 1 aliphatic heterocycles. The Morgan fingerprint density at radius 3 is 2.53 bits per heavy atom. The van der Waals surface area contributed by atoms with Gasteiger partial charge in [0.25, 0.3) is 17.7 Å². The van der Waals surface area contributed by atoms with Gasteiger partial charge in [0.1, 0.15) is 11.3 Å². The second kappa shape index (κ2) is 10.5. The van der Waals surface area contributed by atoms with Crippen molar-refractivity contribution < 1.29 is 23.9 Å². The van der Waals surface area contributed by atoms with Gasteiger partial charge >= 0.3 is 6.03 Å². The van der Waals surface area contributed by atoms with E-state index in [1.807, 2.05) is 32.0 Å². The number of hydrogen-bond donors (Lipinski definition) is 2. The third kappa shape index (κ3) is 5.61. The lowest BCUT2D eigenvalue weighted by atomic mass is 10.1. The smallest absolute Gasteiger partial charge is 0.335 e. The Balaban J connectivity index is 1.48. The van der Waals surface area contributed by atoms with Crippen molar-refractivity contribution in [1.29, 1.82) is 0 Å². The molecule has 1 fully saturated rings. The molecule has 8 nitrogen and oxygen atoms in total. The Morgan fingerprint density at radius 1 is 1.03 bits per heavy atom. The van der Waals surface area contributed by atoms with E-state index in [9.17, 15) is 19.2 Å². The van der Waals surface area contributed by atoms with Crippen LogP contribution < -0.4 is 20.3 Å². The van der Waals surface area contributed by atoms with Crippen LogP contribution in [0.4, 0.5) is 16.2 Å². The van der Waals surface area contributed by atoms with Crippen LogP contribution in [0.25, 0.3) is 6.08 Å². The molecule has 3 aromatic carbocycles. The molecule has 1 saturated heterocycles. The molecule has 2 N–H and O–H groups in total. The van der Waals surface area contributed by atoms with E-state index in [4.69, 9.17) is 16.3 Å². The fraction of sp³-hybridized carbons (Fsp3) is 0.111. The molecule has 36 heavy (non-hydrogen) atoms. The highest BCUT2D eigenvalue weighted by molar-refractivity contribution is 6.39. The molecule has 0 saturated carbocycles. The summed E-state index contributed by atoms with van der Waals surface area (Å²) in [6, 6.07) is 17.6. The molecule has 1 heterocycles. The monoisotopic (exact) mass is 503 g/mol. The van der Waals surface area contributed by atoms with E-state index in [0.29, 0.717) is 22.0 Å². The molecule has 3 aromatic rings. The zero-order valence-electron chi connectivity index (χ0n) is 19.5. The number of imide groups is 2. The van der Waals surface area contributed by atoms with E-state index in [2.05, 4.69) is 10.6 Å². The lowest BCUT2D eigenvalue weighted by Gasteiger charge is -2.26. The van der Waals surface area contributed by atoms with Crippen molar-refractivity contribution in [2.24, 2.45) is 0 Å². The molecule has 0 bridgehead atoms. The van der Waals surface area contributed by atoms with Gasteiger partial charge in [-0.3, -0.25) is 19.7 Å². The van der Waals surface area contributed by atoms with Gasteiger partial charge in [0.2, 0.25) is 0 Å². The second-order valence-corrected chi connectivity index (χ2v) is 8.60. The summed E-state index contributed by atoms with van der Waals surface area (Å²) in [6.45, 7) is 3.61. The minimum Gasteiger partial charge on any atom is -0.484 e. The zero-order chi connectivity index (χ0) is 25.8. The Labute approximate surface area is 212 Å². The van der Waals surface area contributed by atoms with Crippen molar-refractivity contribution in [2.75, 3.05) is 16.8 Å². The van der Waals surface area contributed by atoms with Gasteiger partial charge in [0, 0.05) is 10.7 Å². The first-order valence-corrected chi connectivity index (χ1v) is 11.4. The minimum atomic E-state index is -0.851. The number of amides is 5. The highest BCUT2D eigenvalue weighted by atomic mass is 35.5. The number of anilines is 2. The molecule has 182 valence electrons. The molecule has 0 spiro atoms. The van der Waals surface area contributed by atoms with E-state index in [-0.39, 0.29) is 23.8 Å². The number of urea groups is 1. The topological polar surface area (TPSA) is 105 Å². The minimum absolute atomic E-state index is 0.227. The van der Waals surface area contributed by atoms with E-state index >= 15 is 0 Å². The fourth-order valence-electron chi connectivity index (χ4n) is 3.55. The summed E-state index contributed by atoms with van der Waals surface area (Å²) in [7, 11) is 0. The summed E-state index contributed by atoms with van der Waals surface area (Å²) in [4.78, 5) is 51.0. The largest absolute Gasteiger partial charge is 0.484 e. The number of nitrogens with zero attached hydrogens (tertiary/aromatic N) is 1. The Morgan fingerprint density at radius 2 is 1.78 bits per heavy atom. The van der Waals surface area contributed by atoms with Gasteiger partial charge in [-0.1, -0.05) is 35.9 Å². The van der Waals surface area contributed by atoms with Crippen molar-refractivity contribution in [3.8, 4) is 5.75 Å². The predicted molar refractivity (Wildman–Crippen MR) is 137 cm³/mol. The average molecular weight is 504 g/mol. The van der Waals surface area contributed by atoms with Gasteiger partial charge in [-0.2, -0.15) is 0 Å². The molecule has 0 aliphatic carbocycles. The fourth-order valence-corrected chi connectivity index (χ4v) is 3.67.